The zero-order chi connectivity index (χ0) is 13.7. The number of rotatable bonds is 4. The molecule has 1 aliphatic rings. The fraction of sp³-hybridized carbons (Fsp3) is 0.462. The second kappa shape index (κ2) is 6.17. The summed E-state index contributed by atoms with van der Waals surface area (Å²) in [7, 11) is 0. The summed E-state index contributed by atoms with van der Waals surface area (Å²) < 4.78 is 9.79. The second-order valence-corrected chi connectivity index (χ2v) is 4.46. The molecule has 1 aromatic heterocycles. The van der Waals surface area contributed by atoms with Crippen molar-refractivity contribution in [2.24, 2.45) is 5.92 Å². The van der Waals surface area contributed by atoms with Gasteiger partial charge in [-0.1, -0.05) is 17.3 Å². The lowest BCUT2D eigenvalue weighted by Crippen LogP contribution is -2.25. The highest BCUT2D eigenvalue weighted by Gasteiger charge is 2.21. The maximum absolute atomic E-state index is 11.7. The van der Waals surface area contributed by atoms with Gasteiger partial charge in [-0.25, -0.2) is 0 Å². The van der Waals surface area contributed by atoms with Crippen LogP contribution in [0.15, 0.2) is 22.7 Å². The third-order valence-electron chi connectivity index (χ3n) is 2.84. The van der Waals surface area contributed by atoms with Crippen LogP contribution in [0.25, 0.3) is 0 Å². The number of aromatic nitrogens is 1. The molecule has 1 atom stereocenters. The molecule has 0 saturated carbocycles. The molecule has 1 amide bonds. The van der Waals surface area contributed by atoms with E-state index in [-0.39, 0.29) is 18.5 Å². The summed E-state index contributed by atoms with van der Waals surface area (Å²) >= 11 is 0. The minimum Gasteiger partial charge on any atom is -0.455 e. The molecule has 19 heavy (non-hydrogen) atoms. The zero-order valence-electron chi connectivity index (χ0n) is 10.7. The molecule has 6 nitrogen and oxygen atoms in total. The third-order valence-corrected chi connectivity index (χ3v) is 2.84. The Bertz CT molecular complexity index is 493. The molecule has 0 fully saturated rings. The van der Waals surface area contributed by atoms with Crippen molar-refractivity contribution in [1.82, 2.24) is 5.16 Å². The fourth-order valence-electron chi connectivity index (χ4n) is 1.87. The summed E-state index contributed by atoms with van der Waals surface area (Å²) in [5.74, 6) is 0.0383. The molecule has 0 unspecified atom stereocenters. The van der Waals surface area contributed by atoms with Crippen LogP contribution in [0, 0.1) is 12.8 Å². The summed E-state index contributed by atoms with van der Waals surface area (Å²) in [4.78, 5) is 23.2. The minimum absolute atomic E-state index is 0.132. The van der Waals surface area contributed by atoms with Crippen LogP contribution in [0.5, 0.6) is 0 Å². The number of ether oxygens (including phenoxy) is 1. The number of carbonyl (C=O) groups excluding carboxylic acids is 2. The SMILES string of the molecule is Cc1cc(NC(=O)COC(=O)[C@@H]2CC=CCC2)no1. The van der Waals surface area contributed by atoms with Crippen LogP contribution >= 0.6 is 0 Å². The first kappa shape index (κ1) is 13.3. The molecule has 102 valence electrons. The van der Waals surface area contributed by atoms with E-state index in [0.717, 1.165) is 12.8 Å². The van der Waals surface area contributed by atoms with Gasteiger partial charge >= 0.3 is 5.97 Å². The Kier molecular flexibility index (Phi) is 4.33. The van der Waals surface area contributed by atoms with Gasteiger partial charge in [-0.2, -0.15) is 0 Å². The molecule has 1 aliphatic carbocycles. The van der Waals surface area contributed by atoms with Gasteiger partial charge in [-0.05, 0) is 26.2 Å². The Morgan fingerprint density at radius 3 is 3.00 bits per heavy atom. The van der Waals surface area contributed by atoms with Crippen LogP contribution in [0.4, 0.5) is 5.82 Å². The summed E-state index contributed by atoms with van der Waals surface area (Å²) in [6.45, 7) is 1.42. The number of nitrogens with zero attached hydrogens (tertiary/aromatic N) is 1. The molecule has 0 saturated heterocycles. The fourth-order valence-corrected chi connectivity index (χ4v) is 1.87. The first-order valence-corrected chi connectivity index (χ1v) is 6.20. The summed E-state index contributed by atoms with van der Waals surface area (Å²) in [6.07, 6.45) is 6.35. The summed E-state index contributed by atoms with van der Waals surface area (Å²) in [6, 6.07) is 1.59. The Balaban J connectivity index is 1.74. The van der Waals surface area contributed by atoms with Gasteiger partial charge in [0.2, 0.25) is 0 Å². The topological polar surface area (TPSA) is 81.4 Å². The summed E-state index contributed by atoms with van der Waals surface area (Å²) in [5.41, 5.74) is 0. The van der Waals surface area contributed by atoms with Gasteiger partial charge < -0.3 is 14.6 Å². The zero-order valence-corrected chi connectivity index (χ0v) is 10.7. The Morgan fingerprint density at radius 1 is 1.53 bits per heavy atom. The maximum Gasteiger partial charge on any atom is 0.309 e. The van der Waals surface area contributed by atoms with Gasteiger partial charge in [0.1, 0.15) is 5.76 Å². The number of amides is 1. The molecule has 0 spiro atoms. The lowest BCUT2D eigenvalue weighted by Gasteiger charge is -2.15. The Labute approximate surface area is 110 Å². The van der Waals surface area contributed by atoms with Gasteiger partial charge in [0.05, 0.1) is 5.92 Å². The highest BCUT2D eigenvalue weighted by atomic mass is 16.5. The predicted molar refractivity (Wildman–Crippen MR) is 67.3 cm³/mol. The third kappa shape index (κ3) is 3.94. The number of carbonyl (C=O) groups is 2. The van der Waals surface area contributed by atoms with Crippen molar-refractivity contribution >= 4 is 17.7 Å². The molecule has 2 rings (SSSR count). The normalized spacial score (nSPS) is 18.1. The van der Waals surface area contributed by atoms with Gasteiger partial charge in [0.15, 0.2) is 12.4 Å². The van der Waals surface area contributed by atoms with Crippen LogP contribution in [0.3, 0.4) is 0 Å². The number of hydrogen-bond donors (Lipinski definition) is 1. The van der Waals surface area contributed by atoms with Crippen LogP contribution in [0.1, 0.15) is 25.0 Å². The van der Waals surface area contributed by atoms with Gasteiger partial charge in [-0.3, -0.25) is 9.59 Å². The molecule has 1 heterocycles. The van der Waals surface area contributed by atoms with Crippen LogP contribution < -0.4 is 5.32 Å². The van der Waals surface area contributed by atoms with Crippen molar-refractivity contribution < 1.29 is 18.8 Å². The lowest BCUT2D eigenvalue weighted by atomic mass is 9.95. The Hall–Kier alpha value is -2.11. The second-order valence-electron chi connectivity index (χ2n) is 4.46. The maximum atomic E-state index is 11.7. The van der Waals surface area contributed by atoms with Crippen molar-refractivity contribution in [2.45, 2.75) is 26.2 Å². The van der Waals surface area contributed by atoms with E-state index >= 15 is 0 Å². The van der Waals surface area contributed by atoms with Crippen LogP contribution in [0.2, 0.25) is 0 Å². The van der Waals surface area contributed by atoms with E-state index in [9.17, 15) is 9.59 Å². The lowest BCUT2D eigenvalue weighted by molar-refractivity contribution is -0.151. The van der Waals surface area contributed by atoms with Gasteiger partial charge in [0.25, 0.3) is 5.91 Å². The van der Waals surface area contributed by atoms with Crippen molar-refractivity contribution in [2.75, 3.05) is 11.9 Å². The first-order chi connectivity index (χ1) is 9.15. The van der Waals surface area contributed by atoms with E-state index in [1.807, 2.05) is 12.2 Å². The van der Waals surface area contributed by atoms with E-state index < -0.39 is 5.91 Å². The van der Waals surface area contributed by atoms with E-state index in [1.54, 1.807) is 13.0 Å². The standard InChI is InChI=1S/C13H16N2O4/c1-9-7-11(15-19-9)14-12(16)8-18-13(17)10-5-3-2-4-6-10/h2-3,7,10H,4-6,8H2,1H3,(H,14,15,16)/t10-/m1/s1. The van der Waals surface area contributed by atoms with Crippen LogP contribution in [-0.2, 0) is 14.3 Å². The molecule has 0 bridgehead atoms. The number of nitrogens with one attached hydrogen (secondary N) is 1. The monoisotopic (exact) mass is 264 g/mol. The smallest absolute Gasteiger partial charge is 0.309 e. The van der Waals surface area contributed by atoms with Crippen molar-refractivity contribution in [3.63, 3.8) is 0 Å². The molecule has 0 radical (unpaired) electrons. The summed E-state index contributed by atoms with van der Waals surface area (Å²) in [5, 5.41) is 6.10. The molecule has 0 aromatic carbocycles. The number of esters is 1. The van der Waals surface area contributed by atoms with E-state index in [0.29, 0.717) is 18.0 Å². The van der Waals surface area contributed by atoms with Gasteiger partial charge in [0, 0.05) is 6.07 Å². The predicted octanol–water partition coefficient (Wildman–Crippen LogP) is 1.82. The number of aryl methyl sites for hydroxylation is 1. The van der Waals surface area contributed by atoms with Crippen molar-refractivity contribution in [3.8, 4) is 0 Å². The van der Waals surface area contributed by atoms with Crippen molar-refractivity contribution in [3.05, 3.63) is 24.0 Å². The van der Waals surface area contributed by atoms with Gasteiger partial charge in [-0.15, -0.1) is 0 Å². The van der Waals surface area contributed by atoms with Crippen molar-refractivity contribution in [1.29, 1.82) is 0 Å². The molecule has 1 aromatic rings. The first-order valence-electron chi connectivity index (χ1n) is 6.20. The highest BCUT2D eigenvalue weighted by Crippen LogP contribution is 2.19. The quantitative estimate of drug-likeness (QED) is 0.662. The largest absolute Gasteiger partial charge is 0.455 e. The number of anilines is 1. The number of allylic oxidation sites excluding steroid dienone is 2. The van der Waals surface area contributed by atoms with E-state index in [2.05, 4.69) is 10.5 Å². The van der Waals surface area contributed by atoms with Crippen LogP contribution in [-0.4, -0.2) is 23.6 Å². The molecular weight excluding hydrogens is 248 g/mol. The Morgan fingerprint density at radius 2 is 2.37 bits per heavy atom. The molecular formula is C13H16N2O4. The number of hydrogen-bond acceptors (Lipinski definition) is 5. The molecule has 1 N–H and O–H groups in total. The average molecular weight is 264 g/mol. The minimum atomic E-state index is -0.423. The highest BCUT2D eigenvalue weighted by molar-refractivity contribution is 5.92. The van der Waals surface area contributed by atoms with E-state index in [1.165, 1.54) is 0 Å². The molecule has 0 aliphatic heterocycles. The molecule has 6 heteroatoms. The van der Waals surface area contributed by atoms with E-state index in [4.69, 9.17) is 9.26 Å². The average Bonchev–Trinajstić information content (AvgIpc) is 2.82.